The summed E-state index contributed by atoms with van der Waals surface area (Å²) in [6, 6.07) is 14.6. The number of hydrogen-bond donors (Lipinski definition) is 2. The van der Waals surface area contributed by atoms with E-state index in [9.17, 15) is 14.4 Å². The first-order chi connectivity index (χ1) is 12.8. The zero-order valence-corrected chi connectivity index (χ0v) is 15.7. The van der Waals surface area contributed by atoms with E-state index in [1.54, 1.807) is 6.92 Å². The number of aryl methyl sites for hydroxylation is 2. The Bertz CT molecular complexity index is 875. The lowest BCUT2D eigenvalue weighted by molar-refractivity contribution is -0.134. The van der Waals surface area contributed by atoms with Crippen LogP contribution in [-0.4, -0.2) is 29.3 Å². The molecular formula is C21H23N3O3. The van der Waals surface area contributed by atoms with Crippen LogP contribution < -0.4 is 10.6 Å². The average Bonchev–Trinajstić information content (AvgIpc) is 2.86. The molecule has 3 rings (SSSR count). The van der Waals surface area contributed by atoms with Gasteiger partial charge in [-0.3, -0.25) is 14.5 Å². The molecule has 1 saturated heterocycles. The van der Waals surface area contributed by atoms with Gasteiger partial charge in [0.1, 0.15) is 12.1 Å². The number of amides is 4. The summed E-state index contributed by atoms with van der Waals surface area (Å²) in [5.41, 5.74) is 2.68. The highest BCUT2D eigenvalue weighted by Crippen LogP contribution is 2.28. The summed E-state index contributed by atoms with van der Waals surface area (Å²) in [6.07, 6.45) is 0. The first-order valence-corrected chi connectivity index (χ1v) is 8.83. The van der Waals surface area contributed by atoms with E-state index in [1.807, 2.05) is 62.4 Å². The molecule has 2 aromatic carbocycles. The predicted octanol–water partition coefficient (Wildman–Crippen LogP) is 2.39. The highest BCUT2D eigenvalue weighted by Gasteiger charge is 2.49. The maximum Gasteiger partial charge on any atom is 0.325 e. The van der Waals surface area contributed by atoms with Crippen LogP contribution in [0.25, 0.3) is 0 Å². The molecule has 4 amide bonds. The van der Waals surface area contributed by atoms with Crippen molar-refractivity contribution in [3.05, 3.63) is 70.8 Å². The fourth-order valence-electron chi connectivity index (χ4n) is 3.03. The lowest BCUT2D eigenvalue weighted by atomic mass is 9.91. The van der Waals surface area contributed by atoms with Gasteiger partial charge in [-0.2, -0.15) is 0 Å². The molecule has 1 fully saturated rings. The number of carbonyl (C=O) groups excluding carboxylic acids is 3. The first kappa shape index (κ1) is 18.6. The van der Waals surface area contributed by atoms with Gasteiger partial charge in [-0.05, 0) is 31.9 Å². The van der Waals surface area contributed by atoms with Gasteiger partial charge in [0.05, 0.1) is 0 Å². The summed E-state index contributed by atoms with van der Waals surface area (Å²) in [6.45, 7) is 5.63. The van der Waals surface area contributed by atoms with Gasteiger partial charge < -0.3 is 10.6 Å². The van der Waals surface area contributed by atoms with Crippen molar-refractivity contribution in [2.45, 2.75) is 32.9 Å². The van der Waals surface area contributed by atoms with E-state index in [0.29, 0.717) is 12.1 Å². The maximum absolute atomic E-state index is 12.8. The first-order valence-electron chi connectivity index (χ1n) is 8.83. The molecule has 1 atom stereocenters. The average molecular weight is 365 g/mol. The van der Waals surface area contributed by atoms with Gasteiger partial charge >= 0.3 is 6.03 Å². The van der Waals surface area contributed by atoms with Gasteiger partial charge in [0.25, 0.3) is 5.91 Å². The van der Waals surface area contributed by atoms with Gasteiger partial charge in [-0.1, -0.05) is 59.7 Å². The second-order valence-corrected chi connectivity index (χ2v) is 7.07. The molecule has 1 aliphatic heterocycles. The second-order valence-electron chi connectivity index (χ2n) is 7.07. The number of urea groups is 1. The number of hydrogen-bond acceptors (Lipinski definition) is 3. The molecule has 140 valence electrons. The Hall–Kier alpha value is -3.15. The number of rotatable bonds is 5. The van der Waals surface area contributed by atoms with Crippen LogP contribution in [0.1, 0.15) is 29.2 Å². The van der Waals surface area contributed by atoms with Crippen molar-refractivity contribution in [2.24, 2.45) is 0 Å². The monoisotopic (exact) mass is 365 g/mol. The van der Waals surface area contributed by atoms with Gasteiger partial charge in [-0.25, -0.2) is 4.79 Å². The van der Waals surface area contributed by atoms with Crippen LogP contribution in [0.3, 0.4) is 0 Å². The van der Waals surface area contributed by atoms with Crippen LogP contribution in [0.15, 0.2) is 48.5 Å². The van der Waals surface area contributed by atoms with E-state index < -0.39 is 17.5 Å². The minimum absolute atomic E-state index is 0.308. The third-order valence-electron chi connectivity index (χ3n) is 4.82. The molecular weight excluding hydrogens is 342 g/mol. The third kappa shape index (κ3) is 3.84. The highest BCUT2D eigenvalue weighted by molar-refractivity contribution is 6.09. The number of nitrogens with zero attached hydrogens (tertiary/aromatic N) is 1. The van der Waals surface area contributed by atoms with E-state index in [4.69, 9.17) is 0 Å². The minimum atomic E-state index is -1.16. The molecule has 0 radical (unpaired) electrons. The minimum Gasteiger partial charge on any atom is -0.350 e. The molecule has 2 N–H and O–H groups in total. The number of benzene rings is 2. The summed E-state index contributed by atoms with van der Waals surface area (Å²) in [4.78, 5) is 38.3. The largest absolute Gasteiger partial charge is 0.350 e. The zero-order valence-electron chi connectivity index (χ0n) is 15.7. The van der Waals surface area contributed by atoms with Gasteiger partial charge in [-0.15, -0.1) is 0 Å². The van der Waals surface area contributed by atoms with Crippen molar-refractivity contribution in [1.82, 2.24) is 15.5 Å². The van der Waals surface area contributed by atoms with Crippen LogP contribution in [0.5, 0.6) is 0 Å². The molecule has 0 aliphatic carbocycles. The highest BCUT2D eigenvalue weighted by atomic mass is 16.2. The lowest BCUT2D eigenvalue weighted by Crippen LogP contribution is -2.43. The molecule has 0 saturated carbocycles. The van der Waals surface area contributed by atoms with E-state index in [-0.39, 0.29) is 12.5 Å². The summed E-state index contributed by atoms with van der Waals surface area (Å²) in [7, 11) is 0. The summed E-state index contributed by atoms with van der Waals surface area (Å²) in [5.74, 6) is -0.811. The van der Waals surface area contributed by atoms with Crippen molar-refractivity contribution < 1.29 is 14.4 Å². The standard InChI is InChI=1S/C21H23N3O3/c1-14-4-8-16(9-5-14)12-22-18(25)13-24-19(26)21(3,23-20(24)27)17-10-6-15(2)7-11-17/h4-11H,12-13H2,1-3H3,(H,22,25)(H,23,27). The van der Waals surface area contributed by atoms with Gasteiger partial charge in [0.15, 0.2) is 0 Å². The lowest BCUT2D eigenvalue weighted by Gasteiger charge is -2.22. The second kappa shape index (κ2) is 7.23. The Morgan fingerprint density at radius 1 is 1.00 bits per heavy atom. The maximum atomic E-state index is 12.8. The van der Waals surface area contributed by atoms with E-state index >= 15 is 0 Å². The van der Waals surface area contributed by atoms with Crippen LogP contribution in [-0.2, 0) is 21.7 Å². The number of carbonyl (C=O) groups is 3. The van der Waals surface area contributed by atoms with Crippen LogP contribution >= 0.6 is 0 Å². The molecule has 27 heavy (non-hydrogen) atoms. The fourth-order valence-corrected chi connectivity index (χ4v) is 3.03. The van der Waals surface area contributed by atoms with Crippen molar-refractivity contribution >= 4 is 17.8 Å². The smallest absolute Gasteiger partial charge is 0.325 e. The zero-order chi connectivity index (χ0) is 19.6. The quantitative estimate of drug-likeness (QED) is 0.799. The third-order valence-corrected chi connectivity index (χ3v) is 4.82. The normalized spacial score (nSPS) is 19.1. The Kier molecular flexibility index (Phi) is 4.99. The van der Waals surface area contributed by atoms with Crippen molar-refractivity contribution in [3.63, 3.8) is 0 Å². The van der Waals surface area contributed by atoms with Gasteiger partial charge in [0.2, 0.25) is 5.91 Å². The topological polar surface area (TPSA) is 78.5 Å². The Labute approximate surface area is 158 Å². The SMILES string of the molecule is Cc1ccc(CNC(=O)CN2C(=O)NC(C)(c3ccc(C)cc3)C2=O)cc1. The Morgan fingerprint density at radius 3 is 2.15 bits per heavy atom. The van der Waals surface area contributed by atoms with E-state index in [2.05, 4.69) is 10.6 Å². The molecule has 2 aromatic rings. The summed E-state index contributed by atoms with van der Waals surface area (Å²) < 4.78 is 0. The number of imide groups is 1. The van der Waals surface area contributed by atoms with Crippen LogP contribution in [0.2, 0.25) is 0 Å². The van der Waals surface area contributed by atoms with Crippen molar-refractivity contribution in [3.8, 4) is 0 Å². The van der Waals surface area contributed by atoms with Crippen LogP contribution in [0, 0.1) is 13.8 Å². The van der Waals surface area contributed by atoms with E-state index in [1.165, 1.54) is 0 Å². The summed E-state index contributed by atoms with van der Waals surface area (Å²) in [5, 5.41) is 5.46. The summed E-state index contributed by atoms with van der Waals surface area (Å²) >= 11 is 0. The predicted molar refractivity (Wildman–Crippen MR) is 102 cm³/mol. The number of nitrogens with one attached hydrogen (secondary N) is 2. The van der Waals surface area contributed by atoms with E-state index in [0.717, 1.165) is 21.6 Å². The molecule has 0 spiro atoms. The fraction of sp³-hybridized carbons (Fsp3) is 0.286. The molecule has 6 nitrogen and oxygen atoms in total. The molecule has 0 bridgehead atoms. The Morgan fingerprint density at radius 2 is 1.56 bits per heavy atom. The Balaban J connectivity index is 1.65. The van der Waals surface area contributed by atoms with Crippen molar-refractivity contribution in [2.75, 3.05) is 6.54 Å². The van der Waals surface area contributed by atoms with Crippen molar-refractivity contribution in [1.29, 1.82) is 0 Å². The molecule has 0 aromatic heterocycles. The molecule has 6 heteroatoms. The molecule has 1 heterocycles. The molecule has 1 aliphatic rings. The van der Waals surface area contributed by atoms with Gasteiger partial charge in [0, 0.05) is 6.54 Å². The molecule has 1 unspecified atom stereocenters. The van der Waals surface area contributed by atoms with Crippen LogP contribution in [0.4, 0.5) is 4.79 Å².